The van der Waals surface area contributed by atoms with Gasteiger partial charge in [-0.15, -0.1) is 5.17 Å². The van der Waals surface area contributed by atoms with Gasteiger partial charge in [0.1, 0.15) is 5.82 Å². The number of rotatable bonds is 9. The number of pyridine rings is 2. The fraction of sp³-hybridized carbons (Fsp3) is 0.458. The number of nitrogens with one attached hydrogen (secondary N) is 3. The van der Waals surface area contributed by atoms with E-state index in [1.54, 1.807) is 6.20 Å². The minimum atomic E-state index is 0.0427. The Kier molecular flexibility index (Phi) is 6.83. The number of fused-ring (bicyclic) bond motifs is 1. The number of nitrogens with zero attached hydrogens (tertiary/aromatic N) is 3. The summed E-state index contributed by atoms with van der Waals surface area (Å²) in [4.78, 5) is 21.0. The second-order valence-corrected chi connectivity index (χ2v) is 8.62. The minimum Gasteiger partial charge on any atom is -0.383 e. The Morgan fingerprint density at radius 2 is 2.09 bits per heavy atom. The molecule has 170 valence electrons. The van der Waals surface area contributed by atoms with Gasteiger partial charge in [0.05, 0.1) is 11.6 Å². The molecule has 3 heterocycles. The molecule has 0 bridgehead atoms. The summed E-state index contributed by atoms with van der Waals surface area (Å²) in [7, 11) is 0. The first-order valence-corrected chi connectivity index (χ1v) is 11.4. The van der Waals surface area contributed by atoms with Crippen molar-refractivity contribution in [1.82, 2.24) is 25.9 Å². The van der Waals surface area contributed by atoms with Crippen LogP contribution in [-0.2, 0) is 4.79 Å². The number of amides is 1. The molecule has 2 unspecified atom stereocenters. The van der Waals surface area contributed by atoms with Crippen molar-refractivity contribution in [2.24, 2.45) is 5.92 Å². The van der Waals surface area contributed by atoms with Gasteiger partial charge >= 0.3 is 0 Å². The van der Waals surface area contributed by atoms with Crippen LogP contribution in [0.3, 0.4) is 0 Å². The smallest absolute Gasteiger partial charge is 0.228 e. The van der Waals surface area contributed by atoms with Crippen molar-refractivity contribution in [1.29, 1.82) is 0 Å². The maximum atomic E-state index is 12.0. The molecule has 8 heteroatoms. The summed E-state index contributed by atoms with van der Waals surface area (Å²) < 4.78 is 0. The van der Waals surface area contributed by atoms with E-state index in [1.165, 1.54) is 5.17 Å². The molecule has 0 saturated heterocycles. The lowest BCUT2D eigenvalue weighted by Crippen LogP contribution is -2.52. The molecular weight excluding hydrogens is 404 g/mol. The van der Waals surface area contributed by atoms with Gasteiger partial charge < -0.3 is 10.6 Å². The normalized spacial score (nSPS) is 19.3. The first-order chi connectivity index (χ1) is 15.5. The van der Waals surface area contributed by atoms with Crippen molar-refractivity contribution in [2.45, 2.75) is 58.5 Å². The number of carbonyl (C=O) groups is 1. The Balaban J connectivity index is 1.47. The maximum Gasteiger partial charge on any atom is 0.228 e. The molecule has 0 radical (unpaired) electrons. The van der Waals surface area contributed by atoms with E-state index in [1.807, 2.05) is 25.4 Å². The average molecular weight is 437 g/mol. The minimum absolute atomic E-state index is 0.0427. The Hall–Kier alpha value is -2.81. The molecule has 0 spiro atoms. The summed E-state index contributed by atoms with van der Waals surface area (Å²) in [5.74, 6) is 0.731. The number of hydroxylamine groups is 1. The molecule has 4 rings (SSSR count). The van der Waals surface area contributed by atoms with E-state index in [0.717, 1.165) is 53.3 Å². The third kappa shape index (κ3) is 5.15. The summed E-state index contributed by atoms with van der Waals surface area (Å²) in [5.41, 5.74) is 7.20. The van der Waals surface area contributed by atoms with Gasteiger partial charge in [-0.1, -0.05) is 19.9 Å². The molecule has 1 fully saturated rings. The van der Waals surface area contributed by atoms with Gasteiger partial charge in [0, 0.05) is 59.7 Å². The molecule has 1 saturated carbocycles. The van der Waals surface area contributed by atoms with E-state index in [4.69, 9.17) is 0 Å². The van der Waals surface area contributed by atoms with E-state index in [9.17, 15) is 10.0 Å². The lowest BCUT2D eigenvalue weighted by atomic mass is 9.93. The third-order valence-corrected chi connectivity index (χ3v) is 5.97. The van der Waals surface area contributed by atoms with Crippen LogP contribution in [0, 0.1) is 5.92 Å². The molecule has 8 nitrogen and oxygen atoms in total. The van der Waals surface area contributed by atoms with Crippen molar-refractivity contribution < 1.29 is 10.0 Å². The summed E-state index contributed by atoms with van der Waals surface area (Å²) in [5, 5.41) is 18.4. The second kappa shape index (κ2) is 9.77. The van der Waals surface area contributed by atoms with E-state index < -0.39 is 0 Å². The molecule has 2 aromatic heterocycles. The highest BCUT2D eigenvalue weighted by atomic mass is 16.5. The highest BCUT2D eigenvalue weighted by Gasteiger charge is 2.29. The SMILES string of the molecule is CCCN(O)NC(CC)C1C=C(C)C(c2cnc3cc(NC(=O)C4CC4)ncc3c2)=CN1. The fourth-order valence-electron chi connectivity index (χ4n) is 3.95. The van der Waals surface area contributed by atoms with Gasteiger partial charge in [-0.05, 0) is 44.2 Å². The summed E-state index contributed by atoms with van der Waals surface area (Å²) >= 11 is 0. The third-order valence-electron chi connectivity index (χ3n) is 5.97. The maximum absolute atomic E-state index is 12.0. The zero-order valence-corrected chi connectivity index (χ0v) is 18.9. The fourth-order valence-corrected chi connectivity index (χ4v) is 3.95. The standard InChI is InChI=1S/C24H32N6O2/c1-4-8-30(32)29-20(5-2)22-9-15(3)19(14-26-22)17-10-18-13-27-23(11-21(18)25-12-17)28-24(31)16-6-7-16/h9-14,16,20,22,26,29,32H,4-8H2,1-3H3,(H,27,28,31). The number of dihydropyridines is 1. The molecule has 2 aromatic rings. The Morgan fingerprint density at radius 1 is 1.28 bits per heavy atom. The highest BCUT2D eigenvalue weighted by Crippen LogP contribution is 2.31. The molecule has 1 aliphatic heterocycles. The lowest BCUT2D eigenvalue weighted by Gasteiger charge is -2.31. The van der Waals surface area contributed by atoms with Crippen LogP contribution in [0.25, 0.3) is 16.5 Å². The first kappa shape index (κ1) is 22.4. The van der Waals surface area contributed by atoms with Crippen LogP contribution in [0.15, 0.2) is 42.4 Å². The number of hydrogen-bond acceptors (Lipinski definition) is 7. The monoisotopic (exact) mass is 436 g/mol. The van der Waals surface area contributed by atoms with Crippen LogP contribution in [0.2, 0.25) is 0 Å². The van der Waals surface area contributed by atoms with Crippen LogP contribution in [0.1, 0.15) is 52.0 Å². The molecule has 1 aliphatic carbocycles. The predicted molar refractivity (Wildman–Crippen MR) is 126 cm³/mol. The van der Waals surface area contributed by atoms with Gasteiger partial charge in [0.25, 0.3) is 0 Å². The highest BCUT2D eigenvalue weighted by molar-refractivity contribution is 5.95. The van der Waals surface area contributed by atoms with E-state index in [2.05, 4.69) is 52.0 Å². The van der Waals surface area contributed by atoms with Crippen molar-refractivity contribution in [3.8, 4) is 0 Å². The Bertz CT molecular complexity index is 1050. The number of aromatic nitrogens is 2. The summed E-state index contributed by atoms with van der Waals surface area (Å²) in [6.07, 6.45) is 11.5. The van der Waals surface area contributed by atoms with Crippen molar-refractivity contribution >= 4 is 28.2 Å². The molecule has 2 atom stereocenters. The van der Waals surface area contributed by atoms with E-state index >= 15 is 0 Å². The Labute approximate surface area is 188 Å². The molecule has 32 heavy (non-hydrogen) atoms. The largest absolute Gasteiger partial charge is 0.383 e. The number of anilines is 1. The molecule has 1 amide bonds. The average Bonchev–Trinajstić information content (AvgIpc) is 3.63. The van der Waals surface area contributed by atoms with Gasteiger partial charge in [-0.3, -0.25) is 15.0 Å². The number of hydrazine groups is 1. The van der Waals surface area contributed by atoms with Gasteiger partial charge in [-0.25, -0.2) is 10.4 Å². The van der Waals surface area contributed by atoms with Crippen LogP contribution >= 0.6 is 0 Å². The van der Waals surface area contributed by atoms with Crippen molar-refractivity contribution in [2.75, 3.05) is 11.9 Å². The van der Waals surface area contributed by atoms with E-state index in [-0.39, 0.29) is 23.9 Å². The van der Waals surface area contributed by atoms with Crippen molar-refractivity contribution in [3.05, 3.63) is 47.9 Å². The molecule has 0 aromatic carbocycles. The second-order valence-electron chi connectivity index (χ2n) is 8.62. The number of allylic oxidation sites excluding steroid dienone is 2. The molecule has 4 N–H and O–H groups in total. The summed E-state index contributed by atoms with van der Waals surface area (Å²) in [6.45, 7) is 6.80. The van der Waals surface area contributed by atoms with Gasteiger partial charge in [-0.2, -0.15) is 0 Å². The zero-order chi connectivity index (χ0) is 22.7. The molecular formula is C24H32N6O2. The van der Waals surface area contributed by atoms with Crippen LogP contribution in [0.5, 0.6) is 0 Å². The van der Waals surface area contributed by atoms with Crippen LogP contribution < -0.4 is 16.1 Å². The first-order valence-electron chi connectivity index (χ1n) is 11.4. The predicted octanol–water partition coefficient (Wildman–Crippen LogP) is 3.62. The quantitative estimate of drug-likeness (QED) is 0.445. The van der Waals surface area contributed by atoms with Gasteiger partial charge in [0.15, 0.2) is 0 Å². The number of carbonyl (C=O) groups excluding carboxylic acids is 1. The van der Waals surface area contributed by atoms with Gasteiger partial charge in [0.2, 0.25) is 5.91 Å². The van der Waals surface area contributed by atoms with Crippen molar-refractivity contribution in [3.63, 3.8) is 0 Å². The Morgan fingerprint density at radius 3 is 2.78 bits per heavy atom. The summed E-state index contributed by atoms with van der Waals surface area (Å²) in [6, 6.07) is 4.03. The zero-order valence-electron chi connectivity index (χ0n) is 18.9. The number of hydrogen-bond donors (Lipinski definition) is 4. The lowest BCUT2D eigenvalue weighted by molar-refractivity contribution is -0.147. The topological polar surface area (TPSA) is 102 Å². The van der Waals surface area contributed by atoms with Crippen LogP contribution in [-0.4, -0.2) is 44.9 Å². The van der Waals surface area contributed by atoms with Crippen LogP contribution in [0.4, 0.5) is 5.82 Å². The molecule has 2 aliphatic rings. The van der Waals surface area contributed by atoms with E-state index in [0.29, 0.717) is 12.4 Å².